The Morgan fingerprint density at radius 1 is 1.60 bits per heavy atom. The molecule has 1 rings (SSSR count). The SMILES string of the molecule is Cc1ccc([N+](=O)[O-])c(C(C)CON)c1. The summed E-state index contributed by atoms with van der Waals surface area (Å²) in [6.07, 6.45) is 0. The first kappa shape index (κ1) is 11.6. The number of rotatable bonds is 4. The van der Waals surface area contributed by atoms with Crippen LogP contribution >= 0.6 is 0 Å². The number of nitrogens with zero attached hydrogens (tertiary/aromatic N) is 1. The number of nitro groups is 1. The van der Waals surface area contributed by atoms with Crippen molar-refractivity contribution in [3.05, 3.63) is 39.4 Å². The molecule has 0 aliphatic carbocycles. The van der Waals surface area contributed by atoms with Crippen molar-refractivity contribution >= 4 is 5.69 Å². The summed E-state index contributed by atoms with van der Waals surface area (Å²) >= 11 is 0. The third kappa shape index (κ3) is 2.74. The van der Waals surface area contributed by atoms with E-state index in [0.29, 0.717) is 5.56 Å². The average Bonchev–Trinajstić information content (AvgIpc) is 2.17. The van der Waals surface area contributed by atoms with E-state index in [1.807, 2.05) is 13.8 Å². The van der Waals surface area contributed by atoms with E-state index < -0.39 is 0 Å². The lowest BCUT2D eigenvalue weighted by Crippen LogP contribution is -2.10. The largest absolute Gasteiger partial charge is 0.304 e. The fourth-order valence-corrected chi connectivity index (χ4v) is 1.47. The summed E-state index contributed by atoms with van der Waals surface area (Å²) in [5.74, 6) is 4.87. The van der Waals surface area contributed by atoms with Gasteiger partial charge in [-0.05, 0) is 13.0 Å². The molecule has 1 atom stereocenters. The molecule has 0 aromatic heterocycles. The average molecular weight is 210 g/mol. The summed E-state index contributed by atoms with van der Waals surface area (Å²) < 4.78 is 0. The smallest absolute Gasteiger partial charge is 0.272 e. The first-order chi connectivity index (χ1) is 7.06. The second-order valence-corrected chi connectivity index (χ2v) is 3.55. The predicted molar refractivity (Wildman–Crippen MR) is 56.4 cm³/mol. The van der Waals surface area contributed by atoms with Crippen LogP contribution in [0.15, 0.2) is 18.2 Å². The fourth-order valence-electron chi connectivity index (χ4n) is 1.47. The van der Waals surface area contributed by atoms with Crippen LogP contribution in [0.2, 0.25) is 0 Å². The van der Waals surface area contributed by atoms with E-state index in [1.54, 1.807) is 12.1 Å². The number of benzene rings is 1. The Hall–Kier alpha value is -1.46. The van der Waals surface area contributed by atoms with Crippen molar-refractivity contribution in [1.82, 2.24) is 0 Å². The lowest BCUT2D eigenvalue weighted by molar-refractivity contribution is -0.385. The Morgan fingerprint density at radius 3 is 2.80 bits per heavy atom. The van der Waals surface area contributed by atoms with Crippen molar-refractivity contribution in [2.24, 2.45) is 5.90 Å². The van der Waals surface area contributed by atoms with Gasteiger partial charge in [0.25, 0.3) is 5.69 Å². The minimum absolute atomic E-state index is 0.0877. The van der Waals surface area contributed by atoms with Crippen molar-refractivity contribution < 1.29 is 9.76 Å². The number of hydrogen-bond acceptors (Lipinski definition) is 4. The highest BCUT2D eigenvalue weighted by molar-refractivity contribution is 5.44. The van der Waals surface area contributed by atoms with Crippen LogP contribution in [0, 0.1) is 17.0 Å². The van der Waals surface area contributed by atoms with E-state index in [-0.39, 0.29) is 23.1 Å². The standard InChI is InChI=1S/C10H14N2O3/c1-7-3-4-10(12(13)14)9(5-7)8(2)6-15-11/h3-5,8H,6,11H2,1-2H3. The molecule has 1 aromatic rings. The second-order valence-electron chi connectivity index (χ2n) is 3.55. The highest BCUT2D eigenvalue weighted by atomic mass is 16.6. The van der Waals surface area contributed by atoms with E-state index >= 15 is 0 Å². The Kier molecular flexibility index (Phi) is 3.76. The van der Waals surface area contributed by atoms with Crippen molar-refractivity contribution in [2.45, 2.75) is 19.8 Å². The molecule has 5 heteroatoms. The highest BCUT2D eigenvalue weighted by Gasteiger charge is 2.18. The molecule has 0 fully saturated rings. The van der Waals surface area contributed by atoms with Gasteiger partial charge in [0.05, 0.1) is 11.5 Å². The fraction of sp³-hybridized carbons (Fsp3) is 0.400. The van der Waals surface area contributed by atoms with Gasteiger partial charge in [-0.3, -0.25) is 10.1 Å². The van der Waals surface area contributed by atoms with Gasteiger partial charge in [-0.2, -0.15) is 0 Å². The summed E-state index contributed by atoms with van der Waals surface area (Å²) in [6.45, 7) is 4.00. The number of aryl methyl sites for hydroxylation is 1. The van der Waals surface area contributed by atoms with E-state index in [0.717, 1.165) is 5.56 Å². The number of nitrogens with two attached hydrogens (primary N) is 1. The minimum atomic E-state index is -0.387. The van der Waals surface area contributed by atoms with Gasteiger partial charge < -0.3 is 4.84 Å². The van der Waals surface area contributed by atoms with Gasteiger partial charge in [0, 0.05) is 17.5 Å². The van der Waals surface area contributed by atoms with Gasteiger partial charge in [-0.15, -0.1) is 0 Å². The Bertz CT molecular complexity index is 366. The molecule has 0 aliphatic heterocycles. The zero-order valence-corrected chi connectivity index (χ0v) is 8.77. The Morgan fingerprint density at radius 2 is 2.27 bits per heavy atom. The summed E-state index contributed by atoms with van der Waals surface area (Å²) in [7, 11) is 0. The van der Waals surface area contributed by atoms with Crippen LogP contribution in [0.5, 0.6) is 0 Å². The maximum Gasteiger partial charge on any atom is 0.272 e. The van der Waals surface area contributed by atoms with Crippen molar-refractivity contribution in [3.8, 4) is 0 Å². The summed E-state index contributed by atoms with van der Waals surface area (Å²) in [4.78, 5) is 14.9. The van der Waals surface area contributed by atoms with Gasteiger partial charge in [0.2, 0.25) is 0 Å². The molecule has 5 nitrogen and oxygen atoms in total. The van der Waals surface area contributed by atoms with Gasteiger partial charge in [-0.1, -0.05) is 18.6 Å². The first-order valence-corrected chi connectivity index (χ1v) is 4.63. The van der Waals surface area contributed by atoms with Crippen molar-refractivity contribution in [3.63, 3.8) is 0 Å². The molecular formula is C10H14N2O3. The van der Waals surface area contributed by atoms with Crippen LogP contribution in [0.1, 0.15) is 24.0 Å². The molecule has 0 saturated carbocycles. The molecule has 2 N–H and O–H groups in total. The lowest BCUT2D eigenvalue weighted by Gasteiger charge is -2.11. The molecule has 0 amide bonds. The molecular weight excluding hydrogens is 196 g/mol. The van der Waals surface area contributed by atoms with Crippen LogP contribution in [0.3, 0.4) is 0 Å². The van der Waals surface area contributed by atoms with Crippen molar-refractivity contribution in [2.75, 3.05) is 6.61 Å². The van der Waals surface area contributed by atoms with Gasteiger partial charge >= 0.3 is 0 Å². The van der Waals surface area contributed by atoms with Crippen LogP contribution < -0.4 is 5.90 Å². The van der Waals surface area contributed by atoms with Gasteiger partial charge in [0.1, 0.15) is 0 Å². The van der Waals surface area contributed by atoms with Crippen LogP contribution in [-0.2, 0) is 4.84 Å². The van der Waals surface area contributed by atoms with E-state index in [1.165, 1.54) is 6.07 Å². The molecule has 0 aliphatic rings. The van der Waals surface area contributed by atoms with Gasteiger partial charge in [-0.25, -0.2) is 5.90 Å². The number of hydrogen-bond donors (Lipinski definition) is 1. The van der Waals surface area contributed by atoms with E-state index in [2.05, 4.69) is 4.84 Å². The summed E-state index contributed by atoms with van der Waals surface area (Å²) in [6, 6.07) is 5.02. The van der Waals surface area contributed by atoms with Crippen LogP contribution in [0.25, 0.3) is 0 Å². The second kappa shape index (κ2) is 4.86. The third-order valence-corrected chi connectivity index (χ3v) is 2.26. The predicted octanol–water partition coefficient (Wildman–Crippen LogP) is 1.90. The molecule has 0 heterocycles. The minimum Gasteiger partial charge on any atom is -0.304 e. The molecule has 1 aromatic carbocycles. The van der Waals surface area contributed by atoms with Crippen LogP contribution in [-0.4, -0.2) is 11.5 Å². The first-order valence-electron chi connectivity index (χ1n) is 4.63. The summed E-state index contributed by atoms with van der Waals surface area (Å²) in [5, 5.41) is 10.8. The normalized spacial score (nSPS) is 12.5. The molecule has 1 unspecified atom stereocenters. The Labute approximate surface area is 88.0 Å². The topological polar surface area (TPSA) is 78.4 Å². The van der Waals surface area contributed by atoms with Crippen molar-refractivity contribution in [1.29, 1.82) is 0 Å². The Balaban J connectivity index is 3.12. The quantitative estimate of drug-likeness (QED) is 0.608. The number of nitro benzene ring substituents is 1. The lowest BCUT2D eigenvalue weighted by atomic mass is 9.98. The zero-order chi connectivity index (χ0) is 11.4. The maximum atomic E-state index is 10.8. The summed E-state index contributed by atoms with van der Waals surface area (Å²) in [5.41, 5.74) is 1.76. The molecule has 0 spiro atoms. The van der Waals surface area contributed by atoms with Gasteiger partial charge in [0.15, 0.2) is 0 Å². The van der Waals surface area contributed by atoms with Crippen LogP contribution in [0.4, 0.5) is 5.69 Å². The maximum absolute atomic E-state index is 10.8. The van der Waals surface area contributed by atoms with E-state index in [9.17, 15) is 10.1 Å². The molecule has 82 valence electrons. The molecule has 15 heavy (non-hydrogen) atoms. The molecule has 0 bridgehead atoms. The molecule has 0 saturated heterocycles. The molecule has 0 radical (unpaired) electrons. The monoisotopic (exact) mass is 210 g/mol. The third-order valence-electron chi connectivity index (χ3n) is 2.26. The zero-order valence-electron chi connectivity index (χ0n) is 8.77. The highest BCUT2D eigenvalue weighted by Crippen LogP contribution is 2.27. The van der Waals surface area contributed by atoms with E-state index in [4.69, 9.17) is 5.90 Å².